The van der Waals surface area contributed by atoms with Gasteiger partial charge in [0.1, 0.15) is 5.75 Å². The van der Waals surface area contributed by atoms with Crippen LogP contribution in [0.1, 0.15) is 34.5 Å². The van der Waals surface area contributed by atoms with Gasteiger partial charge in [-0.2, -0.15) is 11.8 Å². The van der Waals surface area contributed by atoms with Crippen LogP contribution in [0.4, 0.5) is 0 Å². The van der Waals surface area contributed by atoms with Gasteiger partial charge in [0.15, 0.2) is 6.04 Å². The molecule has 0 radical (unpaired) electrons. The first-order valence-electron chi connectivity index (χ1n) is 7.89. The van der Waals surface area contributed by atoms with Crippen molar-refractivity contribution in [2.45, 2.75) is 18.7 Å². The summed E-state index contributed by atoms with van der Waals surface area (Å²) in [6.45, 7) is 2.09. The number of carboxylic acids is 1. The van der Waals surface area contributed by atoms with Crippen LogP contribution in [0.2, 0.25) is 0 Å². The third kappa shape index (κ3) is 5.26. The fraction of sp³-hybridized carbons (Fsp3) is 0.263. The van der Waals surface area contributed by atoms with Gasteiger partial charge in [-0.05, 0) is 41.1 Å². The van der Waals surface area contributed by atoms with E-state index >= 15 is 0 Å². The maximum atomic E-state index is 12.4. The Balaban J connectivity index is 2.10. The molecule has 0 aliphatic carbocycles. The number of methoxy groups -OCH3 is 1. The van der Waals surface area contributed by atoms with Crippen LogP contribution in [0.3, 0.4) is 0 Å². The van der Waals surface area contributed by atoms with E-state index in [9.17, 15) is 14.7 Å². The van der Waals surface area contributed by atoms with Gasteiger partial charge < -0.3 is 15.2 Å². The smallest absolute Gasteiger partial charge is 0.330 e. The maximum absolute atomic E-state index is 12.4. The lowest BCUT2D eigenvalue weighted by molar-refractivity contribution is -0.139. The number of hydrogen-bond donors (Lipinski definition) is 2. The number of carboxylic acid groups (broad SMARTS) is 1. The van der Waals surface area contributed by atoms with E-state index in [0.29, 0.717) is 16.9 Å². The number of rotatable bonds is 8. The zero-order valence-corrected chi connectivity index (χ0v) is 15.0. The molecule has 0 saturated carbocycles. The number of hydrogen-bond acceptors (Lipinski definition) is 4. The molecule has 1 atom stereocenters. The van der Waals surface area contributed by atoms with Gasteiger partial charge in [-0.15, -0.1) is 0 Å². The lowest BCUT2D eigenvalue weighted by Crippen LogP contribution is -2.33. The van der Waals surface area contributed by atoms with Crippen molar-refractivity contribution >= 4 is 23.6 Å². The van der Waals surface area contributed by atoms with Crippen LogP contribution in [0.15, 0.2) is 48.5 Å². The molecule has 0 fully saturated rings. The Hall–Kier alpha value is -2.47. The standard InChI is InChI=1S/C19H21NO4S/c1-3-25-12-13-4-6-15(7-5-13)18(21)20-17(19(22)23)14-8-10-16(24-2)11-9-14/h4-11,17H,3,12H2,1-2H3,(H,20,21)(H,22,23). The van der Waals surface area contributed by atoms with Crippen molar-refractivity contribution in [3.8, 4) is 5.75 Å². The van der Waals surface area contributed by atoms with E-state index < -0.39 is 17.9 Å². The Bertz CT molecular complexity index is 713. The van der Waals surface area contributed by atoms with Gasteiger partial charge in [-0.25, -0.2) is 4.79 Å². The molecule has 6 heteroatoms. The van der Waals surface area contributed by atoms with Crippen molar-refractivity contribution in [1.82, 2.24) is 5.32 Å². The molecule has 132 valence electrons. The van der Waals surface area contributed by atoms with Crippen molar-refractivity contribution in [3.05, 3.63) is 65.2 Å². The van der Waals surface area contributed by atoms with Gasteiger partial charge in [0.25, 0.3) is 5.91 Å². The summed E-state index contributed by atoms with van der Waals surface area (Å²) < 4.78 is 5.06. The van der Waals surface area contributed by atoms with Crippen molar-refractivity contribution in [2.75, 3.05) is 12.9 Å². The number of carbonyl (C=O) groups is 2. The molecule has 0 heterocycles. The Morgan fingerprint density at radius 2 is 1.76 bits per heavy atom. The van der Waals surface area contributed by atoms with E-state index in [1.807, 2.05) is 12.1 Å². The molecular weight excluding hydrogens is 338 g/mol. The fourth-order valence-electron chi connectivity index (χ4n) is 2.27. The van der Waals surface area contributed by atoms with E-state index in [1.54, 1.807) is 48.2 Å². The Labute approximate surface area is 151 Å². The molecule has 25 heavy (non-hydrogen) atoms. The third-order valence-corrected chi connectivity index (χ3v) is 4.61. The Morgan fingerprint density at radius 3 is 2.28 bits per heavy atom. The lowest BCUT2D eigenvalue weighted by Gasteiger charge is -2.15. The van der Waals surface area contributed by atoms with Crippen molar-refractivity contribution in [1.29, 1.82) is 0 Å². The predicted octanol–water partition coefficient (Wildman–Crippen LogP) is 3.50. The highest BCUT2D eigenvalue weighted by molar-refractivity contribution is 7.98. The second kappa shape index (κ2) is 9.13. The summed E-state index contributed by atoms with van der Waals surface area (Å²) >= 11 is 1.80. The first-order chi connectivity index (χ1) is 12.0. The van der Waals surface area contributed by atoms with Gasteiger partial charge in [-0.3, -0.25) is 4.79 Å². The molecular formula is C19H21NO4S. The monoisotopic (exact) mass is 359 g/mol. The molecule has 2 aromatic carbocycles. The number of amides is 1. The zero-order chi connectivity index (χ0) is 18.2. The summed E-state index contributed by atoms with van der Waals surface area (Å²) in [5, 5.41) is 12.0. The quantitative estimate of drug-likeness (QED) is 0.754. The van der Waals surface area contributed by atoms with Crippen molar-refractivity contribution in [2.24, 2.45) is 0 Å². The first-order valence-corrected chi connectivity index (χ1v) is 9.05. The Kier molecular flexibility index (Phi) is 6.89. The minimum Gasteiger partial charge on any atom is -0.497 e. The summed E-state index contributed by atoms with van der Waals surface area (Å²) in [5.74, 6) is 1.01. The van der Waals surface area contributed by atoms with E-state index in [2.05, 4.69) is 12.2 Å². The predicted molar refractivity (Wildman–Crippen MR) is 99.1 cm³/mol. The Morgan fingerprint density at radius 1 is 1.12 bits per heavy atom. The molecule has 2 N–H and O–H groups in total. The minimum absolute atomic E-state index is 0.419. The summed E-state index contributed by atoms with van der Waals surface area (Å²) in [6, 6.07) is 12.7. The van der Waals surface area contributed by atoms with E-state index in [0.717, 1.165) is 17.1 Å². The summed E-state index contributed by atoms with van der Waals surface area (Å²) in [5.41, 5.74) is 2.05. The molecule has 5 nitrogen and oxygen atoms in total. The van der Waals surface area contributed by atoms with Crippen LogP contribution < -0.4 is 10.1 Å². The molecule has 0 spiro atoms. The SMILES string of the molecule is CCSCc1ccc(C(=O)NC(C(=O)O)c2ccc(OC)cc2)cc1. The molecule has 1 amide bonds. The number of benzene rings is 2. The van der Waals surface area contributed by atoms with Gasteiger partial charge in [0.2, 0.25) is 0 Å². The summed E-state index contributed by atoms with van der Waals surface area (Å²) in [6.07, 6.45) is 0. The summed E-state index contributed by atoms with van der Waals surface area (Å²) in [7, 11) is 1.54. The summed E-state index contributed by atoms with van der Waals surface area (Å²) in [4.78, 5) is 23.9. The highest BCUT2D eigenvalue weighted by Crippen LogP contribution is 2.19. The van der Waals surface area contributed by atoms with Gasteiger partial charge >= 0.3 is 5.97 Å². The minimum atomic E-state index is -1.12. The van der Waals surface area contributed by atoms with Crippen molar-refractivity contribution in [3.63, 3.8) is 0 Å². The van der Waals surface area contributed by atoms with E-state index in [1.165, 1.54) is 7.11 Å². The van der Waals surface area contributed by atoms with Crippen LogP contribution in [-0.2, 0) is 10.5 Å². The molecule has 0 saturated heterocycles. The number of carbonyl (C=O) groups excluding carboxylic acids is 1. The van der Waals surface area contributed by atoms with Crippen LogP contribution in [0.25, 0.3) is 0 Å². The van der Waals surface area contributed by atoms with Gasteiger partial charge in [0.05, 0.1) is 7.11 Å². The number of ether oxygens (including phenoxy) is 1. The number of aliphatic carboxylic acids is 1. The van der Waals surface area contributed by atoms with Gasteiger partial charge in [0, 0.05) is 11.3 Å². The average Bonchev–Trinajstić information content (AvgIpc) is 2.64. The molecule has 0 bridgehead atoms. The second-order valence-corrected chi connectivity index (χ2v) is 6.63. The molecule has 0 aromatic heterocycles. The topological polar surface area (TPSA) is 75.6 Å². The maximum Gasteiger partial charge on any atom is 0.330 e. The number of thioether (sulfide) groups is 1. The molecule has 2 aromatic rings. The molecule has 0 aliphatic heterocycles. The van der Waals surface area contributed by atoms with E-state index in [-0.39, 0.29) is 0 Å². The number of nitrogens with one attached hydrogen (secondary N) is 1. The van der Waals surface area contributed by atoms with Crippen LogP contribution in [0.5, 0.6) is 5.75 Å². The highest BCUT2D eigenvalue weighted by atomic mass is 32.2. The van der Waals surface area contributed by atoms with Gasteiger partial charge in [-0.1, -0.05) is 31.2 Å². The van der Waals surface area contributed by atoms with Crippen LogP contribution >= 0.6 is 11.8 Å². The van der Waals surface area contributed by atoms with Crippen LogP contribution in [-0.4, -0.2) is 29.8 Å². The van der Waals surface area contributed by atoms with Crippen LogP contribution in [0, 0.1) is 0 Å². The zero-order valence-electron chi connectivity index (χ0n) is 14.2. The third-order valence-electron chi connectivity index (χ3n) is 3.66. The second-order valence-electron chi connectivity index (χ2n) is 5.35. The average molecular weight is 359 g/mol. The highest BCUT2D eigenvalue weighted by Gasteiger charge is 2.22. The fourth-order valence-corrected chi connectivity index (χ4v) is 2.90. The normalized spacial score (nSPS) is 11.6. The first kappa shape index (κ1) is 18.9. The van der Waals surface area contributed by atoms with E-state index in [4.69, 9.17) is 4.74 Å². The largest absolute Gasteiger partial charge is 0.497 e. The molecule has 2 rings (SSSR count). The lowest BCUT2D eigenvalue weighted by atomic mass is 10.1. The molecule has 0 aliphatic rings. The molecule has 1 unspecified atom stereocenters. The van der Waals surface area contributed by atoms with Crippen molar-refractivity contribution < 1.29 is 19.4 Å².